The summed E-state index contributed by atoms with van der Waals surface area (Å²) in [7, 11) is 0. The molecule has 1 aromatic carbocycles. The Balaban J connectivity index is 2.73. The van der Waals surface area contributed by atoms with E-state index in [1.165, 1.54) is 6.07 Å². The topological polar surface area (TPSA) is 17.1 Å². The average Bonchev–Trinajstić information content (AvgIpc) is 2.35. The average molecular weight is 271 g/mol. The highest BCUT2D eigenvalue weighted by Crippen LogP contribution is 2.23. The van der Waals surface area contributed by atoms with E-state index in [1.807, 2.05) is 6.92 Å². The molecule has 0 radical (unpaired) electrons. The SMILES string of the molecule is CCCCC(CC)C(=O)Cc1c(F)cccc1Cl. The van der Waals surface area contributed by atoms with Crippen molar-refractivity contribution in [2.75, 3.05) is 0 Å². The van der Waals surface area contributed by atoms with Gasteiger partial charge in [-0.25, -0.2) is 4.39 Å². The van der Waals surface area contributed by atoms with Gasteiger partial charge >= 0.3 is 0 Å². The Kier molecular flexibility index (Phi) is 6.34. The Morgan fingerprint density at radius 1 is 1.39 bits per heavy atom. The van der Waals surface area contributed by atoms with Gasteiger partial charge in [0.05, 0.1) is 0 Å². The third kappa shape index (κ3) is 4.09. The zero-order chi connectivity index (χ0) is 13.5. The minimum Gasteiger partial charge on any atom is -0.299 e. The number of unbranched alkanes of at least 4 members (excludes halogenated alkanes) is 1. The molecule has 0 aliphatic rings. The van der Waals surface area contributed by atoms with Gasteiger partial charge in [0.2, 0.25) is 0 Å². The fraction of sp³-hybridized carbons (Fsp3) is 0.533. The standard InChI is InChI=1S/C15H20ClFO/c1-3-5-7-11(4-2)15(18)10-12-13(16)8-6-9-14(12)17/h6,8-9,11H,3-5,7,10H2,1-2H3. The van der Waals surface area contributed by atoms with Crippen LogP contribution in [0.25, 0.3) is 0 Å². The highest BCUT2D eigenvalue weighted by molar-refractivity contribution is 6.31. The van der Waals surface area contributed by atoms with Crippen LogP contribution in [0.1, 0.15) is 45.1 Å². The van der Waals surface area contributed by atoms with Crippen molar-refractivity contribution in [2.24, 2.45) is 5.92 Å². The number of hydrogen-bond acceptors (Lipinski definition) is 1. The Morgan fingerprint density at radius 2 is 2.11 bits per heavy atom. The van der Waals surface area contributed by atoms with Crippen LogP contribution in [0.15, 0.2) is 18.2 Å². The number of hydrogen-bond donors (Lipinski definition) is 0. The molecule has 1 aromatic rings. The second-order valence-electron chi connectivity index (χ2n) is 4.59. The van der Waals surface area contributed by atoms with Crippen LogP contribution in [-0.4, -0.2) is 5.78 Å². The number of Topliss-reactive ketones (excluding diaryl/α,β-unsaturated/α-hetero) is 1. The van der Waals surface area contributed by atoms with Gasteiger partial charge in [0.15, 0.2) is 0 Å². The lowest BCUT2D eigenvalue weighted by Crippen LogP contribution is -2.17. The van der Waals surface area contributed by atoms with E-state index >= 15 is 0 Å². The first-order valence-electron chi connectivity index (χ1n) is 6.55. The second-order valence-corrected chi connectivity index (χ2v) is 5.00. The van der Waals surface area contributed by atoms with Crippen molar-refractivity contribution in [3.05, 3.63) is 34.6 Å². The molecule has 18 heavy (non-hydrogen) atoms. The van der Waals surface area contributed by atoms with Gasteiger partial charge in [-0.3, -0.25) is 4.79 Å². The van der Waals surface area contributed by atoms with Crippen LogP contribution in [0.4, 0.5) is 4.39 Å². The van der Waals surface area contributed by atoms with Crippen molar-refractivity contribution in [2.45, 2.75) is 46.0 Å². The minimum absolute atomic E-state index is 0.0284. The first-order valence-corrected chi connectivity index (χ1v) is 6.93. The number of halogens is 2. The van der Waals surface area contributed by atoms with Crippen LogP contribution in [0.5, 0.6) is 0 Å². The summed E-state index contributed by atoms with van der Waals surface area (Å²) in [4.78, 5) is 12.1. The van der Waals surface area contributed by atoms with Crippen LogP contribution in [0.2, 0.25) is 5.02 Å². The van der Waals surface area contributed by atoms with Gasteiger partial charge in [0.1, 0.15) is 11.6 Å². The maximum atomic E-state index is 13.6. The van der Waals surface area contributed by atoms with Crippen LogP contribution in [0.3, 0.4) is 0 Å². The highest BCUT2D eigenvalue weighted by Gasteiger charge is 2.19. The van der Waals surface area contributed by atoms with Crippen molar-refractivity contribution in [1.82, 2.24) is 0 Å². The van der Waals surface area contributed by atoms with E-state index in [0.717, 1.165) is 25.7 Å². The summed E-state index contributed by atoms with van der Waals surface area (Å²) in [5, 5.41) is 0.341. The lowest BCUT2D eigenvalue weighted by Gasteiger charge is -2.14. The third-order valence-corrected chi connectivity index (χ3v) is 3.62. The van der Waals surface area contributed by atoms with E-state index in [-0.39, 0.29) is 23.9 Å². The van der Waals surface area contributed by atoms with Gasteiger partial charge in [-0.05, 0) is 25.0 Å². The Hall–Kier alpha value is -0.890. The lowest BCUT2D eigenvalue weighted by atomic mass is 9.91. The smallest absolute Gasteiger partial charge is 0.140 e. The van der Waals surface area contributed by atoms with E-state index in [2.05, 4.69) is 6.92 Å². The second kappa shape index (κ2) is 7.52. The van der Waals surface area contributed by atoms with Gasteiger partial charge in [-0.2, -0.15) is 0 Å². The molecule has 100 valence electrons. The zero-order valence-corrected chi connectivity index (χ0v) is 11.8. The van der Waals surface area contributed by atoms with Gasteiger partial charge in [-0.15, -0.1) is 0 Å². The summed E-state index contributed by atoms with van der Waals surface area (Å²) in [6, 6.07) is 4.53. The molecule has 0 heterocycles. The predicted octanol–water partition coefficient (Wildman–Crippen LogP) is 4.81. The number of rotatable bonds is 7. The normalized spacial score (nSPS) is 12.4. The highest BCUT2D eigenvalue weighted by atomic mass is 35.5. The van der Waals surface area contributed by atoms with Crippen molar-refractivity contribution in [3.8, 4) is 0 Å². The van der Waals surface area contributed by atoms with Crippen LogP contribution < -0.4 is 0 Å². The van der Waals surface area contributed by atoms with Crippen molar-refractivity contribution in [3.63, 3.8) is 0 Å². The molecule has 0 N–H and O–H groups in total. The maximum Gasteiger partial charge on any atom is 0.140 e. The van der Waals surface area contributed by atoms with Crippen molar-refractivity contribution in [1.29, 1.82) is 0 Å². The Bertz CT molecular complexity index is 383. The van der Waals surface area contributed by atoms with E-state index in [9.17, 15) is 9.18 Å². The maximum absolute atomic E-state index is 13.6. The molecular weight excluding hydrogens is 251 g/mol. The van der Waals surface area contributed by atoms with E-state index in [4.69, 9.17) is 11.6 Å². The van der Waals surface area contributed by atoms with Crippen LogP contribution in [-0.2, 0) is 11.2 Å². The molecule has 0 bridgehead atoms. The summed E-state index contributed by atoms with van der Waals surface area (Å²) in [5.74, 6) is -0.264. The lowest BCUT2D eigenvalue weighted by molar-refractivity contribution is -0.122. The van der Waals surface area contributed by atoms with Gasteiger partial charge in [0.25, 0.3) is 0 Å². The fourth-order valence-corrected chi connectivity index (χ4v) is 2.29. The molecule has 0 aliphatic carbocycles. The number of carbonyl (C=O) groups is 1. The number of ketones is 1. The molecule has 0 aromatic heterocycles. The quantitative estimate of drug-likeness (QED) is 0.695. The summed E-state index contributed by atoms with van der Waals surface area (Å²) in [5.41, 5.74) is 0.333. The summed E-state index contributed by atoms with van der Waals surface area (Å²) < 4.78 is 13.6. The molecule has 1 atom stereocenters. The Morgan fingerprint density at radius 3 is 2.67 bits per heavy atom. The summed E-state index contributed by atoms with van der Waals surface area (Å²) in [6.07, 6.45) is 3.91. The molecule has 0 fully saturated rings. The third-order valence-electron chi connectivity index (χ3n) is 3.27. The first kappa shape index (κ1) is 15.2. The number of carbonyl (C=O) groups excluding carboxylic acids is 1. The molecule has 1 rings (SSSR count). The number of benzene rings is 1. The molecule has 0 spiro atoms. The van der Waals surface area contributed by atoms with Crippen LogP contribution in [0, 0.1) is 11.7 Å². The minimum atomic E-state index is -0.388. The van der Waals surface area contributed by atoms with Gasteiger partial charge in [-0.1, -0.05) is 44.4 Å². The van der Waals surface area contributed by atoms with Crippen molar-refractivity contribution >= 4 is 17.4 Å². The molecule has 0 aliphatic heterocycles. The van der Waals surface area contributed by atoms with Crippen LogP contribution >= 0.6 is 11.6 Å². The molecule has 0 amide bonds. The van der Waals surface area contributed by atoms with Gasteiger partial charge in [0, 0.05) is 22.9 Å². The Labute approximate surface area is 113 Å². The predicted molar refractivity (Wildman–Crippen MR) is 73.4 cm³/mol. The van der Waals surface area contributed by atoms with E-state index < -0.39 is 0 Å². The van der Waals surface area contributed by atoms with Crippen molar-refractivity contribution < 1.29 is 9.18 Å². The summed E-state index contributed by atoms with van der Waals surface area (Å²) >= 11 is 5.93. The molecule has 1 unspecified atom stereocenters. The molecular formula is C15H20ClFO. The molecule has 0 saturated carbocycles. The van der Waals surface area contributed by atoms with Gasteiger partial charge < -0.3 is 0 Å². The molecule has 1 nitrogen and oxygen atoms in total. The monoisotopic (exact) mass is 270 g/mol. The summed E-state index contributed by atoms with van der Waals surface area (Å²) in [6.45, 7) is 4.10. The van der Waals surface area contributed by atoms with E-state index in [1.54, 1.807) is 12.1 Å². The first-order chi connectivity index (χ1) is 8.60. The molecule has 0 saturated heterocycles. The zero-order valence-electron chi connectivity index (χ0n) is 11.0. The fourth-order valence-electron chi connectivity index (χ4n) is 2.06. The largest absolute Gasteiger partial charge is 0.299 e. The molecule has 3 heteroatoms. The van der Waals surface area contributed by atoms with E-state index in [0.29, 0.717) is 10.6 Å².